The zero-order valence-electron chi connectivity index (χ0n) is 17.5. The molecule has 31 heavy (non-hydrogen) atoms. The molecule has 1 saturated heterocycles. The molecule has 0 bridgehead atoms. The highest BCUT2D eigenvalue weighted by Gasteiger charge is 2.32. The number of benzene rings is 2. The minimum atomic E-state index is -1.14. The van der Waals surface area contributed by atoms with Crippen molar-refractivity contribution in [1.29, 1.82) is 0 Å². The number of anilines is 1. The molecule has 1 heterocycles. The van der Waals surface area contributed by atoms with E-state index in [0.717, 1.165) is 0 Å². The van der Waals surface area contributed by atoms with Crippen molar-refractivity contribution in [3.8, 4) is 5.75 Å². The minimum Gasteiger partial charge on any atom is -0.495 e. The van der Waals surface area contributed by atoms with Gasteiger partial charge in [0.05, 0.1) is 18.1 Å². The highest BCUT2D eigenvalue weighted by atomic mass is 35.5. The Morgan fingerprint density at radius 1 is 1.16 bits per heavy atom. The Kier molecular flexibility index (Phi) is 7.52. The first kappa shape index (κ1) is 22.6. The monoisotopic (exact) mass is 444 g/mol. The van der Waals surface area contributed by atoms with Crippen LogP contribution in [0.15, 0.2) is 48.5 Å². The van der Waals surface area contributed by atoms with Gasteiger partial charge in [0.1, 0.15) is 5.75 Å². The molecule has 0 aliphatic carbocycles. The maximum atomic E-state index is 13.0. The zero-order valence-corrected chi connectivity index (χ0v) is 18.2. The Balaban J connectivity index is 1.77. The molecule has 164 valence electrons. The van der Waals surface area contributed by atoms with Gasteiger partial charge in [-0.3, -0.25) is 14.4 Å². The van der Waals surface area contributed by atoms with Crippen molar-refractivity contribution in [2.24, 2.45) is 5.92 Å². The number of methoxy groups -OCH3 is 1. The summed E-state index contributed by atoms with van der Waals surface area (Å²) >= 11 is 6.14. The Bertz CT molecular complexity index is 950. The van der Waals surface area contributed by atoms with Gasteiger partial charge in [-0.25, -0.2) is 0 Å². The number of nitrogens with one attached hydrogen (secondary N) is 1. The molecular weight excluding hydrogens is 420 g/mol. The van der Waals surface area contributed by atoms with Crippen LogP contribution in [0.2, 0.25) is 5.02 Å². The van der Waals surface area contributed by atoms with Crippen LogP contribution in [0.3, 0.4) is 0 Å². The second kappa shape index (κ2) is 10.3. The number of likely N-dealkylation sites (tertiary alicyclic amines) is 1. The van der Waals surface area contributed by atoms with Crippen molar-refractivity contribution < 1.29 is 23.9 Å². The normalized spacial score (nSPS) is 16.9. The summed E-state index contributed by atoms with van der Waals surface area (Å²) in [4.78, 5) is 39.2. The molecule has 0 radical (unpaired) electrons. The predicted molar refractivity (Wildman–Crippen MR) is 117 cm³/mol. The molecule has 0 spiro atoms. The number of esters is 1. The van der Waals surface area contributed by atoms with E-state index < -0.39 is 23.9 Å². The molecule has 2 aromatic carbocycles. The van der Waals surface area contributed by atoms with Crippen molar-refractivity contribution in [3.63, 3.8) is 0 Å². The Labute approximate surface area is 186 Å². The van der Waals surface area contributed by atoms with E-state index >= 15 is 0 Å². The van der Waals surface area contributed by atoms with E-state index in [2.05, 4.69) is 5.32 Å². The summed E-state index contributed by atoms with van der Waals surface area (Å²) in [6.45, 7) is 2.40. The van der Waals surface area contributed by atoms with Gasteiger partial charge in [0, 0.05) is 31.3 Å². The second-order valence-corrected chi connectivity index (χ2v) is 7.78. The molecule has 1 N–H and O–H groups in total. The van der Waals surface area contributed by atoms with Crippen LogP contribution >= 0.6 is 11.6 Å². The molecule has 1 fully saturated rings. The number of carbonyl (C=O) groups is 3. The third-order valence-electron chi connectivity index (χ3n) is 5.19. The van der Waals surface area contributed by atoms with Crippen LogP contribution in [0.1, 0.15) is 31.4 Å². The lowest BCUT2D eigenvalue weighted by atomic mass is 9.98. The van der Waals surface area contributed by atoms with Crippen LogP contribution in [-0.2, 0) is 19.1 Å². The highest BCUT2D eigenvalue weighted by Crippen LogP contribution is 2.29. The van der Waals surface area contributed by atoms with Crippen molar-refractivity contribution >= 4 is 35.1 Å². The average Bonchev–Trinajstić information content (AvgIpc) is 2.78. The van der Waals surface area contributed by atoms with Gasteiger partial charge in [-0.15, -0.1) is 0 Å². The Morgan fingerprint density at radius 2 is 1.90 bits per heavy atom. The van der Waals surface area contributed by atoms with E-state index in [0.29, 0.717) is 48.0 Å². The topological polar surface area (TPSA) is 84.9 Å². The molecule has 7 nitrogen and oxygen atoms in total. The van der Waals surface area contributed by atoms with Gasteiger partial charge in [-0.2, -0.15) is 0 Å². The van der Waals surface area contributed by atoms with Crippen molar-refractivity contribution in [2.45, 2.75) is 25.9 Å². The number of carbonyl (C=O) groups excluding carboxylic acids is 3. The quantitative estimate of drug-likeness (QED) is 0.684. The fraction of sp³-hybridized carbons (Fsp3) is 0.348. The van der Waals surface area contributed by atoms with Crippen LogP contribution in [0.5, 0.6) is 5.75 Å². The Morgan fingerprint density at radius 3 is 2.55 bits per heavy atom. The van der Waals surface area contributed by atoms with Crippen LogP contribution in [0.25, 0.3) is 0 Å². The molecule has 2 amide bonds. The van der Waals surface area contributed by atoms with E-state index in [9.17, 15) is 14.4 Å². The molecule has 0 saturated carbocycles. The molecule has 1 aliphatic heterocycles. The van der Waals surface area contributed by atoms with Gasteiger partial charge in [0.25, 0.3) is 5.91 Å². The lowest BCUT2D eigenvalue weighted by Crippen LogP contribution is -2.42. The first-order chi connectivity index (χ1) is 14.9. The van der Waals surface area contributed by atoms with Gasteiger partial charge < -0.3 is 19.7 Å². The van der Waals surface area contributed by atoms with Crippen LogP contribution < -0.4 is 10.1 Å². The maximum Gasteiger partial charge on any atom is 0.311 e. The summed E-state index contributed by atoms with van der Waals surface area (Å²) in [6.07, 6.45) is 0.188. The number of hydrogen-bond donors (Lipinski definition) is 1. The minimum absolute atomic E-state index is 0.0776. The predicted octanol–water partition coefficient (Wildman–Crippen LogP) is 3.83. The van der Waals surface area contributed by atoms with Crippen LogP contribution in [-0.4, -0.2) is 42.9 Å². The van der Waals surface area contributed by atoms with Gasteiger partial charge in [0.15, 0.2) is 0 Å². The summed E-state index contributed by atoms with van der Waals surface area (Å²) in [5, 5.41) is 3.09. The molecule has 3 rings (SSSR count). The standard InChI is InChI=1S/C23H25ClN2O5/c1-15(27)26-12-6-9-17(14-26)23(29)31-21(16-7-4-3-5-8-16)22(28)25-18-10-11-20(30-2)19(24)13-18/h3-5,7-8,10-11,13,17,21H,6,9,12,14H2,1-2H3,(H,25,28)/t17-,21-/m1/s1. The SMILES string of the molecule is COc1ccc(NC(=O)[C@H](OC(=O)[C@@H]2CCCN(C(C)=O)C2)c2ccccc2)cc1Cl. The number of amides is 2. The summed E-state index contributed by atoms with van der Waals surface area (Å²) in [6, 6.07) is 13.7. The molecule has 0 aromatic heterocycles. The fourth-order valence-corrected chi connectivity index (χ4v) is 3.78. The molecule has 2 atom stereocenters. The number of rotatable bonds is 6. The number of piperidine rings is 1. The highest BCUT2D eigenvalue weighted by molar-refractivity contribution is 6.32. The van der Waals surface area contributed by atoms with E-state index in [1.54, 1.807) is 47.4 Å². The second-order valence-electron chi connectivity index (χ2n) is 7.37. The first-order valence-electron chi connectivity index (χ1n) is 10.0. The lowest BCUT2D eigenvalue weighted by Gasteiger charge is -2.31. The number of halogens is 1. The summed E-state index contributed by atoms with van der Waals surface area (Å²) in [5.74, 6) is -1.06. The first-order valence-corrected chi connectivity index (χ1v) is 10.4. The number of ether oxygens (including phenoxy) is 2. The van der Waals surface area contributed by atoms with Crippen LogP contribution in [0, 0.1) is 5.92 Å². The maximum absolute atomic E-state index is 13.0. The molecule has 1 aliphatic rings. The van der Waals surface area contributed by atoms with E-state index in [4.69, 9.17) is 21.1 Å². The van der Waals surface area contributed by atoms with Gasteiger partial charge in [-0.1, -0.05) is 41.9 Å². The lowest BCUT2D eigenvalue weighted by molar-refractivity contribution is -0.161. The smallest absolute Gasteiger partial charge is 0.311 e. The molecule has 2 aromatic rings. The average molecular weight is 445 g/mol. The molecular formula is C23H25ClN2O5. The van der Waals surface area contributed by atoms with E-state index in [1.807, 2.05) is 6.07 Å². The third-order valence-corrected chi connectivity index (χ3v) is 5.49. The van der Waals surface area contributed by atoms with Crippen molar-refractivity contribution in [2.75, 3.05) is 25.5 Å². The zero-order chi connectivity index (χ0) is 22.4. The van der Waals surface area contributed by atoms with Crippen LogP contribution in [0.4, 0.5) is 5.69 Å². The Hall–Kier alpha value is -3.06. The summed E-state index contributed by atoms with van der Waals surface area (Å²) in [5.41, 5.74) is 1.00. The van der Waals surface area contributed by atoms with E-state index in [1.165, 1.54) is 14.0 Å². The third kappa shape index (κ3) is 5.76. The van der Waals surface area contributed by atoms with Gasteiger partial charge >= 0.3 is 5.97 Å². The summed E-state index contributed by atoms with van der Waals surface area (Å²) in [7, 11) is 1.50. The molecule has 8 heteroatoms. The number of hydrogen-bond acceptors (Lipinski definition) is 5. The number of nitrogens with zero attached hydrogens (tertiary/aromatic N) is 1. The van der Waals surface area contributed by atoms with Gasteiger partial charge in [-0.05, 0) is 31.0 Å². The summed E-state index contributed by atoms with van der Waals surface area (Å²) < 4.78 is 10.8. The van der Waals surface area contributed by atoms with Crippen molar-refractivity contribution in [3.05, 3.63) is 59.1 Å². The van der Waals surface area contributed by atoms with Gasteiger partial charge in [0.2, 0.25) is 12.0 Å². The van der Waals surface area contributed by atoms with Crippen molar-refractivity contribution in [1.82, 2.24) is 4.90 Å². The largest absolute Gasteiger partial charge is 0.495 e. The fourth-order valence-electron chi connectivity index (χ4n) is 3.52. The van der Waals surface area contributed by atoms with E-state index in [-0.39, 0.29) is 5.91 Å². The molecule has 0 unspecified atom stereocenters.